The molecule has 2 amide bonds. The highest BCUT2D eigenvalue weighted by Crippen LogP contribution is 2.44. The van der Waals surface area contributed by atoms with Gasteiger partial charge in [-0.2, -0.15) is 0 Å². The van der Waals surface area contributed by atoms with Gasteiger partial charge in [-0.15, -0.1) is 0 Å². The minimum absolute atomic E-state index is 0.00309. The van der Waals surface area contributed by atoms with E-state index in [1.54, 1.807) is 11.0 Å². The Morgan fingerprint density at radius 3 is 2.33 bits per heavy atom. The standard InChI is InChI=1S/C26H26N2O5/c29-24(28-16-11-12-23(28)21(14-16)25(30)31)10-5-13-27-26(32)33-15-22-19-8-3-1-6-17(19)18-7-2-4-9-20(18)22/h1-10,16,21-23H,11-15H2,(H,27,32)(H,30,31)/b10-5+. The number of rotatable bonds is 6. The van der Waals surface area contributed by atoms with Crippen LogP contribution in [-0.4, -0.2) is 53.2 Å². The molecule has 33 heavy (non-hydrogen) atoms. The first kappa shape index (κ1) is 21.2. The van der Waals surface area contributed by atoms with E-state index in [1.165, 1.54) is 17.2 Å². The molecular weight excluding hydrogens is 420 g/mol. The third-order valence-corrected chi connectivity index (χ3v) is 7.08. The number of amides is 2. The van der Waals surface area contributed by atoms with Crippen LogP contribution in [0.5, 0.6) is 0 Å². The summed E-state index contributed by atoms with van der Waals surface area (Å²) in [7, 11) is 0. The highest BCUT2D eigenvalue weighted by Gasteiger charge is 2.50. The van der Waals surface area contributed by atoms with Gasteiger partial charge in [-0.1, -0.05) is 54.6 Å². The Labute approximate surface area is 192 Å². The van der Waals surface area contributed by atoms with E-state index < -0.39 is 18.0 Å². The van der Waals surface area contributed by atoms with Crippen molar-refractivity contribution in [2.75, 3.05) is 13.2 Å². The molecule has 2 aromatic rings. The Hall–Kier alpha value is -3.61. The fraction of sp³-hybridized carbons (Fsp3) is 0.346. The van der Waals surface area contributed by atoms with Crippen LogP contribution in [0.25, 0.3) is 11.1 Å². The zero-order valence-corrected chi connectivity index (χ0v) is 18.1. The minimum atomic E-state index is -0.832. The lowest BCUT2D eigenvalue weighted by atomic mass is 9.89. The Kier molecular flexibility index (Phi) is 5.62. The second-order valence-electron chi connectivity index (χ2n) is 8.83. The van der Waals surface area contributed by atoms with Gasteiger partial charge in [0.05, 0.1) is 5.92 Å². The van der Waals surface area contributed by atoms with Crippen molar-refractivity contribution in [2.24, 2.45) is 5.92 Å². The third-order valence-electron chi connectivity index (χ3n) is 7.08. The normalized spacial score (nSPS) is 22.9. The van der Waals surface area contributed by atoms with Crippen molar-refractivity contribution in [3.8, 4) is 11.1 Å². The zero-order valence-electron chi connectivity index (χ0n) is 18.1. The molecule has 2 heterocycles. The number of carbonyl (C=O) groups is 3. The van der Waals surface area contributed by atoms with Crippen molar-refractivity contribution in [1.29, 1.82) is 0 Å². The summed E-state index contributed by atoms with van der Waals surface area (Å²) in [6.45, 7) is 0.393. The molecule has 170 valence electrons. The van der Waals surface area contributed by atoms with Gasteiger partial charge in [-0.05, 0) is 41.5 Å². The largest absolute Gasteiger partial charge is 0.481 e. The third kappa shape index (κ3) is 3.88. The molecule has 5 rings (SSSR count). The van der Waals surface area contributed by atoms with Crippen LogP contribution in [0.2, 0.25) is 0 Å². The molecule has 2 fully saturated rings. The fourth-order valence-corrected chi connectivity index (χ4v) is 5.64. The van der Waals surface area contributed by atoms with Gasteiger partial charge < -0.3 is 20.1 Å². The molecule has 2 N–H and O–H groups in total. The van der Waals surface area contributed by atoms with Crippen molar-refractivity contribution in [2.45, 2.75) is 37.3 Å². The zero-order chi connectivity index (χ0) is 22.9. The van der Waals surface area contributed by atoms with Crippen molar-refractivity contribution in [1.82, 2.24) is 10.2 Å². The van der Waals surface area contributed by atoms with Crippen LogP contribution in [0.15, 0.2) is 60.7 Å². The Balaban J connectivity index is 1.12. The van der Waals surface area contributed by atoms with E-state index >= 15 is 0 Å². The molecule has 0 saturated carbocycles. The molecule has 2 bridgehead atoms. The number of nitrogens with one attached hydrogen (secondary N) is 1. The van der Waals surface area contributed by atoms with Crippen LogP contribution in [0, 0.1) is 5.92 Å². The maximum Gasteiger partial charge on any atom is 0.407 e. The topological polar surface area (TPSA) is 95.9 Å². The molecule has 0 radical (unpaired) electrons. The second kappa shape index (κ2) is 8.73. The number of hydrogen-bond acceptors (Lipinski definition) is 4. The Bertz CT molecular complexity index is 1080. The summed E-state index contributed by atoms with van der Waals surface area (Å²) in [6.07, 6.45) is 4.57. The van der Waals surface area contributed by atoms with Gasteiger partial charge in [0.25, 0.3) is 0 Å². The number of benzene rings is 2. The summed E-state index contributed by atoms with van der Waals surface area (Å²) in [6, 6.07) is 16.1. The molecule has 7 heteroatoms. The molecule has 1 aliphatic carbocycles. The molecule has 0 aromatic heterocycles. The van der Waals surface area contributed by atoms with Crippen molar-refractivity contribution < 1.29 is 24.2 Å². The van der Waals surface area contributed by atoms with Crippen LogP contribution < -0.4 is 5.32 Å². The number of ether oxygens (including phenoxy) is 1. The number of fused-ring (bicyclic) bond motifs is 5. The van der Waals surface area contributed by atoms with Gasteiger partial charge >= 0.3 is 12.1 Å². The fourth-order valence-electron chi connectivity index (χ4n) is 5.64. The maximum atomic E-state index is 12.6. The van der Waals surface area contributed by atoms with Gasteiger partial charge in [0.2, 0.25) is 5.91 Å². The van der Waals surface area contributed by atoms with E-state index in [2.05, 4.69) is 29.6 Å². The molecular formula is C26H26N2O5. The average Bonchev–Trinajstić information content (AvgIpc) is 3.50. The number of carbonyl (C=O) groups excluding carboxylic acids is 2. The molecule has 2 aliphatic heterocycles. The van der Waals surface area contributed by atoms with E-state index in [0.29, 0.717) is 6.42 Å². The van der Waals surface area contributed by atoms with Gasteiger partial charge in [-0.3, -0.25) is 9.59 Å². The number of hydrogen-bond donors (Lipinski definition) is 2. The molecule has 2 aromatic carbocycles. The number of nitrogens with zero attached hydrogens (tertiary/aromatic N) is 1. The lowest BCUT2D eigenvalue weighted by molar-refractivity contribution is -0.143. The first-order valence-corrected chi connectivity index (χ1v) is 11.3. The smallest absolute Gasteiger partial charge is 0.407 e. The average molecular weight is 447 g/mol. The van der Waals surface area contributed by atoms with Crippen LogP contribution >= 0.6 is 0 Å². The van der Waals surface area contributed by atoms with E-state index in [1.807, 2.05) is 24.3 Å². The van der Waals surface area contributed by atoms with E-state index in [-0.39, 0.29) is 37.1 Å². The summed E-state index contributed by atoms with van der Waals surface area (Å²) in [4.78, 5) is 37.9. The van der Waals surface area contributed by atoms with Crippen molar-refractivity contribution in [3.05, 3.63) is 71.8 Å². The lowest BCUT2D eigenvalue weighted by Crippen LogP contribution is -2.37. The summed E-state index contributed by atoms with van der Waals surface area (Å²) in [5.74, 6) is -1.50. The van der Waals surface area contributed by atoms with Crippen LogP contribution in [0.3, 0.4) is 0 Å². The van der Waals surface area contributed by atoms with E-state index in [9.17, 15) is 19.5 Å². The lowest BCUT2D eigenvalue weighted by Gasteiger charge is -2.21. The van der Waals surface area contributed by atoms with Gasteiger partial charge in [-0.25, -0.2) is 4.79 Å². The maximum absolute atomic E-state index is 12.6. The summed E-state index contributed by atoms with van der Waals surface area (Å²) >= 11 is 0. The Morgan fingerprint density at radius 1 is 1.03 bits per heavy atom. The van der Waals surface area contributed by atoms with E-state index in [4.69, 9.17) is 4.74 Å². The molecule has 3 atom stereocenters. The first-order valence-electron chi connectivity index (χ1n) is 11.3. The van der Waals surface area contributed by atoms with Crippen LogP contribution in [0.1, 0.15) is 36.3 Å². The highest BCUT2D eigenvalue weighted by atomic mass is 16.5. The summed E-state index contributed by atoms with van der Waals surface area (Å²) in [5, 5.41) is 12.0. The van der Waals surface area contributed by atoms with E-state index in [0.717, 1.165) is 24.0 Å². The Morgan fingerprint density at radius 2 is 1.70 bits per heavy atom. The monoisotopic (exact) mass is 446 g/mol. The van der Waals surface area contributed by atoms with Gasteiger partial charge in [0.15, 0.2) is 0 Å². The quantitative estimate of drug-likeness (QED) is 0.662. The predicted molar refractivity (Wildman–Crippen MR) is 122 cm³/mol. The van der Waals surface area contributed by atoms with Crippen molar-refractivity contribution in [3.63, 3.8) is 0 Å². The van der Waals surface area contributed by atoms with Crippen LogP contribution in [-0.2, 0) is 14.3 Å². The summed E-state index contributed by atoms with van der Waals surface area (Å²) < 4.78 is 5.49. The number of alkyl carbamates (subject to hydrolysis) is 1. The van der Waals surface area contributed by atoms with Crippen molar-refractivity contribution >= 4 is 18.0 Å². The molecule has 0 spiro atoms. The predicted octanol–water partition coefficient (Wildman–Crippen LogP) is 3.55. The molecule has 7 nitrogen and oxygen atoms in total. The number of carboxylic acids is 1. The SMILES string of the molecule is O=C(NC/C=C/C(=O)N1C2CCC1C(C(=O)O)C2)OCC1c2ccccc2-c2ccccc21. The van der Waals surface area contributed by atoms with Crippen LogP contribution in [0.4, 0.5) is 4.79 Å². The summed E-state index contributed by atoms with van der Waals surface area (Å²) in [5.41, 5.74) is 4.64. The van der Waals surface area contributed by atoms with Gasteiger partial charge in [0, 0.05) is 30.6 Å². The second-order valence-corrected chi connectivity index (χ2v) is 8.83. The number of carboxylic acid groups (broad SMARTS) is 1. The molecule has 3 aliphatic rings. The number of aliphatic carboxylic acids is 1. The first-order chi connectivity index (χ1) is 16.0. The highest BCUT2D eigenvalue weighted by molar-refractivity contribution is 5.89. The van der Waals surface area contributed by atoms with Gasteiger partial charge in [0.1, 0.15) is 6.61 Å². The molecule has 2 saturated heterocycles. The molecule has 3 unspecified atom stereocenters. The minimum Gasteiger partial charge on any atom is -0.481 e.